The Labute approximate surface area is 84.4 Å². The van der Waals surface area contributed by atoms with Gasteiger partial charge in [-0.15, -0.1) is 0 Å². The first-order valence-electron chi connectivity index (χ1n) is 4.55. The zero-order valence-corrected chi connectivity index (χ0v) is 8.14. The van der Waals surface area contributed by atoms with Gasteiger partial charge >= 0.3 is 12.3 Å². The Morgan fingerprint density at radius 2 is 2.13 bits per heavy atom. The van der Waals surface area contributed by atoms with Gasteiger partial charge in [0.1, 0.15) is 0 Å². The molecular weight excluding hydrogens is 216 g/mol. The number of hydrogen-bond donors (Lipinski definition) is 1. The molecule has 0 radical (unpaired) electrons. The van der Waals surface area contributed by atoms with Crippen molar-refractivity contribution in [2.75, 3.05) is 19.6 Å². The highest BCUT2D eigenvalue weighted by Crippen LogP contribution is 2.26. The van der Waals surface area contributed by atoms with Crippen molar-refractivity contribution in [2.24, 2.45) is 0 Å². The van der Waals surface area contributed by atoms with Gasteiger partial charge in [-0.1, -0.05) is 0 Å². The Hall–Kier alpha value is -0.850. The van der Waals surface area contributed by atoms with E-state index < -0.39 is 24.3 Å². The fourth-order valence-corrected chi connectivity index (χ4v) is 1.43. The molecule has 0 aliphatic carbocycles. The fraction of sp³-hybridized carbons (Fsp3) is 0.875. The van der Waals surface area contributed by atoms with Gasteiger partial charge in [0.2, 0.25) is 0 Å². The molecule has 0 bridgehead atoms. The van der Waals surface area contributed by atoms with Crippen molar-refractivity contribution < 1.29 is 22.4 Å². The summed E-state index contributed by atoms with van der Waals surface area (Å²) < 4.78 is 49.3. The molecule has 1 amide bonds. The van der Waals surface area contributed by atoms with Crippen molar-refractivity contribution in [3.05, 3.63) is 0 Å². The highest BCUT2D eigenvalue weighted by atomic mass is 19.3. The molecule has 15 heavy (non-hydrogen) atoms. The molecule has 0 unspecified atom stereocenters. The summed E-state index contributed by atoms with van der Waals surface area (Å²) in [5.41, 5.74) is 0. The van der Waals surface area contributed by atoms with Gasteiger partial charge < -0.3 is 10.2 Å². The zero-order valence-electron chi connectivity index (χ0n) is 8.14. The van der Waals surface area contributed by atoms with Crippen LogP contribution in [-0.2, 0) is 4.79 Å². The van der Waals surface area contributed by atoms with Crippen molar-refractivity contribution in [2.45, 2.75) is 25.3 Å². The molecule has 1 aliphatic rings. The van der Waals surface area contributed by atoms with Crippen LogP contribution in [0.2, 0.25) is 0 Å². The number of halogens is 4. The molecule has 1 saturated heterocycles. The van der Waals surface area contributed by atoms with Gasteiger partial charge in [0.05, 0.1) is 0 Å². The average Bonchev–Trinajstić information content (AvgIpc) is 2.17. The number of alkyl halides is 4. The monoisotopic (exact) mass is 228 g/mol. The highest BCUT2D eigenvalue weighted by Gasteiger charge is 2.52. The van der Waals surface area contributed by atoms with Crippen LogP contribution in [0.1, 0.15) is 6.92 Å². The average molecular weight is 228 g/mol. The Kier molecular flexibility index (Phi) is 3.54. The van der Waals surface area contributed by atoms with Gasteiger partial charge in [-0.05, 0) is 6.92 Å². The smallest absolute Gasteiger partial charge is 0.332 e. The summed E-state index contributed by atoms with van der Waals surface area (Å²) in [5, 5.41) is 2.87. The molecule has 1 atom stereocenters. The Morgan fingerprint density at radius 1 is 1.53 bits per heavy atom. The highest BCUT2D eigenvalue weighted by molar-refractivity contribution is 5.84. The summed E-state index contributed by atoms with van der Waals surface area (Å²) in [6, 6.07) is -0.490. The normalized spacial score (nSPS) is 23.3. The SMILES string of the molecule is C[C@@H]1CNCCN1C(=O)C(F)(F)C(F)F. The van der Waals surface area contributed by atoms with Crippen molar-refractivity contribution in [3.8, 4) is 0 Å². The van der Waals surface area contributed by atoms with Crippen molar-refractivity contribution >= 4 is 5.91 Å². The zero-order chi connectivity index (χ0) is 11.6. The van der Waals surface area contributed by atoms with Crippen LogP contribution in [0.15, 0.2) is 0 Å². The molecule has 1 N–H and O–H groups in total. The lowest BCUT2D eigenvalue weighted by Crippen LogP contribution is -2.58. The standard InChI is InChI=1S/C8H12F4N2O/c1-5-4-13-2-3-14(5)7(15)8(11,12)6(9)10/h5-6,13H,2-4H2,1H3/t5-/m1/s1. The van der Waals surface area contributed by atoms with Gasteiger partial charge in [-0.2, -0.15) is 8.78 Å². The number of piperazine rings is 1. The van der Waals surface area contributed by atoms with Gasteiger partial charge in [-0.25, -0.2) is 8.78 Å². The molecule has 88 valence electrons. The van der Waals surface area contributed by atoms with Crippen LogP contribution in [0.25, 0.3) is 0 Å². The minimum atomic E-state index is -4.58. The van der Waals surface area contributed by atoms with Crippen molar-refractivity contribution in [1.82, 2.24) is 10.2 Å². The topological polar surface area (TPSA) is 32.3 Å². The molecule has 1 aliphatic heterocycles. The van der Waals surface area contributed by atoms with Crippen LogP contribution in [0.3, 0.4) is 0 Å². The van der Waals surface area contributed by atoms with Gasteiger partial charge in [-0.3, -0.25) is 4.79 Å². The number of nitrogens with zero attached hydrogens (tertiary/aromatic N) is 1. The van der Waals surface area contributed by atoms with E-state index in [1.807, 2.05) is 0 Å². The number of hydrogen-bond acceptors (Lipinski definition) is 2. The predicted octanol–water partition coefficient (Wildman–Crippen LogP) is 0.707. The lowest BCUT2D eigenvalue weighted by atomic mass is 10.2. The fourth-order valence-electron chi connectivity index (χ4n) is 1.43. The molecule has 1 fully saturated rings. The number of carbonyl (C=O) groups is 1. The summed E-state index contributed by atoms with van der Waals surface area (Å²) >= 11 is 0. The minimum absolute atomic E-state index is 0.0301. The van der Waals surface area contributed by atoms with E-state index in [1.54, 1.807) is 0 Å². The van der Waals surface area contributed by atoms with E-state index >= 15 is 0 Å². The number of rotatable bonds is 2. The van der Waals surface area contributed by atoms with Crippen LogP contribution in [-0.4, -0.2) is 48.8 Å². The molecule has 0 aromatic heterocycles. The van der Waals surface area contributed by atoms with E-state index in [0.29, 0.717) is 13.1 Å². The van der Waals surface area contributed by atoms with E-state index in [4.69, 9.17) is 0 Å². The first-order chi connectivity index (χ1) is 6.87. The second kappa shape index (κ2) is 4.34. The quantitative estimate of drug-likeness (QED) is 0.706. The first kappa shape index (κ1) is 12.2. The summed E-state index contributed by atoms with van der Waals surface area (Å²) in [7, 11) is 0. The largest absolute Gasteiger partial charge is 0.383 e. The summed E-state index contributed by atoms with van der Waals surface area (Å²) in [6.07, 6.45) is -3.95. The molecule has 3 nitrogen and oxygen atoms in total. The number of carbonyl (C=O) groups excluding carboxylic acids is 1. The van der Waals surface area contributed by atoms with Gasteiger partial charge in [0.25, 0.3) is 5.91 Å². The van der Waals surface area contributed by atoms with Crippen LogP contribution in [0.4, 0.5) is 17.6 Å². The van der Waals surface area contributed by atoms with Gasteiger partial charge in [0, 0.05) is 25.7 Å². The summed E-state index contributed by atoms with van der Waals surface area (Å²) in [4.78, 5) is 11.9. The maximum absolute atomic E-state index is 12.7. The number of amides is 1. The summed E-state index contributed by atoms with van der Waals surface area (Å²) in [5.74, 6) is -6.36. The molecule has 7 heteroatoms. The van der Waals surface area contributed by atoms with E-state index in [-0.39, 0.29) is 6.54 Å². The minimum Gasteiger partial charge on any atom is -0.332 e. The Morgan fingerprint density at radius 3 is 2.60 bits per heavy atom. The van der Waals surface area contributed by atoms with E-state index in [9.17, 15) is 22.4 Å². The van der Waals surface area contributed by atoms with Crippen LogP contribution in [0, 0.1) is 0 Å². The second-order valence-corrected chi connectivity index (χ2v) is 3.48. The van der Waals surface area contributed by atoms with Crippen LogP contribution < -0.4 is 5.32 Å². The molecule has 0 spiro atoms. The second-order valence-electron chi connectivity index (χ2n) is 3.48. The predicted molar refractivity (Wildman–Crippen MR) is 45.0 cm³/mol. The summed E-state index contributed by atoms with van der Waals surface area (Å²) in [6.45, 7) is 2.24. The van der Waals surface area contributed by atoms with Crippen LogP contribution in [0.5, 0.6) is 0 Å². The van der Waals surface area contributed by atoms with E-state index in [0.717, 1.165) is 4.90 Å². The first-order valence-corrected chi connectivity index (χ1v) is 4.55. The third-order valence-corrected chi connectivity index (χ3v) is 2.32. The van der Waals surface area contributed by atoms with Crippen molar-refractivity contribution in [3.63, 3.8) is 0 Å². The third kappa shape index (κ3) is 2.39. The van der Waals surface area contributed by atoms with E-state index in [1.165, 1.54) is 6.92 Å². The van der Waals surface area contributed by atoms with E-state index in [2.05, 4.69) is 5.32 Å². The lowest BCUT2D eigenvalue weighted by Gasteiger charge is -2.35. The van der Waals surface area contributed by atoms with Gasteiger partial charge in [0.15, 0.2) is 0 Å². The Bertz CT molecular complexity index is 247. The molecular formula is C8H12F4N2O. The maximum Gasteiger partial charge on any atom is 0.383 e. The van der Waals surface area contributed by atoms with Crippen LogP contribution >= 0.6 is 0 Å². The third-order valence-electron chi connectivity index (χ3n) is 2.32. The molecule has 0 aromatic rings. The molecule has 0 aromatic carbocycles. The number of nitrogens with one attached hydrogen (secondary N) is 1. The lowest BCUT2D eigenvalue weighted by molar-refractivity contribution is -0.183. The Balaban J connectivity index is 2.74. The van der Waals surface area contributed by atoms with Crippen molar-refractivity contribution in [1.29, 1.82) is 0 Å². The molecule has 1 rings (SSSR count). The maximum atomic E-state index is 12.7. The molecule has 1 heterocycles. The molecule has 0 saturated carbocycles.